The molecule has 2 heterocycles. The summed E-state index contributed by atoms with van der Waals surface area (Å²) >= 11 is 1.92. The fraction of sp³-hybridized carbons (Fsp3) is 0.200. The lowest BCUT2D eigenvalue weighted by Gasteiger charge is -2.36. The first-order valence-electron chi connectivity index (χ1n) is 9.97. The molecular formula is C25H24N2S. The van der Waals surface area contributed by atoms with Gasteiger partial charge >= 0.3 is 0 Å². The van der Waals surface area contributed by atoms with Crippen LogP contribution in [0, 0.1) is 0 Å². The molecule has 1 aliphatic rings. The first-order valence-corrected chi connectivity index (χ1v) is 10.8. The Balaban J connectivity index is 1.42. The van der Waals surface area contributed by atoms with Crippen molar-refractivity contribution >= 4 is 27.1 Å². The molecule has 0 saturated carbocycles. The normalized spacial score (nSPS) is 15.2. The van der Waals surface area contributed by atoms with Crippen LogP contribution in [0.2, 0.25) is 0 Å². The maximum atomic E-state index is 2.60. The van der Waals surface area contributed by atoms with E-state index in [0.29, 0.717) is 0 Å². The van der Waals surface area contributed by atoms with Gasteiger partial charge in [-0.15, -0.1) is 11.3 Å². The number of piperazine rings is 1. The highest BCUT2D eigenvalue weighted by Crippen LogP contribution is 2.44. The molecule has 0 unspecified atom stereocenters. The molecule has 3 aromatic carbocycles. The molecule has 3 heteroatoms. The van der Waals surface area contributed by atoms with Gasteiger partial charge in [0.05, 0.1) is 10.6 Å². The van der Waals surface area contributed by atoms with E-state index in [9.17, 15) is 0 Å². The zero-order valence-corrected chi connectivity index (χ0v) is 16.7. The Morgan fingerprint density at radius 1 is 0.679 bits per heavy atom. The molecule has 28 heavy (non-hydrogen) atoms. The highest BCUT2D eigenvalue weighted by atomic mass is 32.1. The molecule has 1 saturated heterocycles. The van der Waals surface area contributed by atoms with E-state index in [1.54, 1.807) is 0 Å². The maximum absolute atomic E-state index is 2.60. The van der Waals surface area contributed by atoms with E-state index in [-0.39, 0.29) is 0 Å². The third-order valence-corrected chi connectivity index (χ3v) is 6.75. The molecule has 4 aromatic rings. The van der Waals surface area contributed by atoms with E-state index in [0.717, 1.165) is 32.7 Å². The number of hydrogen-bond acceptors (Lipinski definition) is 3. The summed E-state index contributed by atoms with van der Waals surface area (Å²) in [6, 6.07) is 30.5. The van der Waals surface area contributed by atoms with Crippen molar-refractivity contribution in [2.75, 3.05) is 31.1 Å². The summed E-state index contributed by atoms with van der Waals surface area (Å²) in [5.74, 6) is 0. The van der Waals surface area contributed by atoms with Crippen LogP contribution in [0.25, 0.3) is 20.5 Å². The van der Waals surface area contributed by atoms with Crippen molar-refractivity contribution in [3.8, 4) is 10.4 Å². The third-order valence-electron chi connectivity index (χ3n) is 5.54. The third kappa shape index (κ3) is 3.44. The molecule has 0 bridgehead atoms. The predicted molar refractivity (Wildman–Crippen MR) is 121 cm³/mol. The van der Waals surface area contributed by atoms with E-state index in [1.807, 2.05) is 11.3 Å². The van der Waals surface area contributed by atoms with Crippen LogP contribution in [-0.2, 0) is 6.54 Å². The lowest BCUT2D eigenvalue weighted by atomic mass is 10.1. The number of hydrogen-bond donors (Lipinski definition) is 0. The molecule has 0 spiro atoms. The van der Waals surface area contributed by atoms with Crippen molar-refractivity contribution in [1.82, 2.24) is 4.90 Å². The summed E-state index contributed by atoms with van der Waals surface area (Å²) in [4.78, 5) is 6.57. The van der Waals surface area contributed by atoms with Crippen LogP contribution in [0.15, 0.2) is 84.9 Å². The van der Waals surface area contributed by atoms with Crippen LogP contribution in [-0.4, -0.2) is 31.1 Å². The second-order valence-electron chi connectivity index (χ2n) is 7.39. The molecule has 1 aromatic heterocycles. The molecule has 0 radical (unpaired) electrons. The number of fused-ring (bicyclic) bond motifs is 1. The molecule has 1 fully saturated rings. The summed E-state index contributed by atoms with van der Waals surface area (Å²) < 4.78 is 1.38. The summed E-state index contributed by atoms with van der Waals surface area (Å²) in [5.41, 5.74) is 4.15. The van der Waals surface area contributed by atoms with Gasteiger partial charge < -0.3 is 4.90 Å². The van der Waals surface area contributed by atoms with Crippen LogP contribution >= 0.6 is 11.3 Å². The van der Waals surface area contributed by atoms with Crippen molar-refractivity contribution in [2.45, 2.75) is 6.54 Å². The van der Waals surface area contributed by atoms with Crippen LogP contribution in [0.4, 0.5) is 5.69 Å². The fourth-order valence-electron chi connectivity index (χ4n) is 4.10. The van der Waals surface area contributed by atoms with Crippen LogP contribution in [0.5, 0.6) is 0 Å². The maximum Gasteiger partial charge on any atom is 0.0636 e. The van der Waals surface area contributed by atoms with E-state index >= 15 is 0 Å². The summed E-state index contributed by atoms with van der Waals surface area (Å²) in [5, 5.41) is 1.39. The Labute approximate surface area is 170 Å². The topological polar surface area (TPSA) is 6.48 Å². The zero-order chi connectivity index (χ0) is 18.8. The highest BCUT2D eigenvalue weighted by Gasteiger charge is 2.23. The minimum atomic E-state index is 1.05. The average molecular weight is 385 g/mol. The Kier molecular flexibility index (Phi) is 4.86. The number of rotatable bonds is 4. The van der Waals surface area contributed by atoms with Crippen molar-refractivity contribution in [2.24, 2.45) is 0 Å². The Morgan fingerprint density at radius 3 is 2.07 bits per heavy atom. The number of nitrogens with zero attached hydrogens (tertiary/aromatic N) is 2. The van der Waals surface area contributed by atoms with Gasteiger partial charge in [-0.3, -0.25) is 4.90 Å². The fourth-order valence-corrected chi connectivity index (χ4v) is 5.33. The first-order chi connectivity index (χ1) is 13.9. The number of anilines is 1. The minimum absolute atomic E-state index is 1.05. The first kappa shape index (κ1) is 17.5. The van der Waals surface area contributed by atoms with Crippen molar-refractivity contribution in [1.29, 1.82) is 0 Å². The second-order valence-corrected chi connectivity index (χ2v) is 8.44. The predicted octanol–water partition coefficient (Wildman–Crippen LogP) is 5.89. The molecule has 0 aliphatic carbocycles. The van der Waals surface area contributed by atoms with E-state index in [4.69, 9.17) is 0 Å². The minimum Gasteiger partial charge on any atom is -0.367 e. The van der Waals surface area contributed by atoms with Gasteiger partial charge in [-0.1, -0.05) is 78.9 Å². The molecule has 2 nitrogen and oxygen atoms in total. The van der Waals surface area contributed by atoms with E-state index in [1.165, 1.54) is 31.8 Å². The Morgan fingerprint density at radius 2 is 1.32 bits per heavy atom. The Bertz CT molecular complexity index is 1050. The second kappa shape index (κ2) is 7.78. The molecule has 0 N–H and O–H groups in total. The monoisotopic (exact) mass is 384 g/mol. The van der Waals surface area contributed by atoms with Gasteiger partial charge in [0.25, 0.3) is 0 Å². The SMILES string of the molecule is c1ccc(CN2CCN(c3c(-c4ccccc4)sc4ccccc34)CC2)cc1. The van der Waals surface area contributed by atoms with Gasteiger partial charge in [0, 0.05) is 42.8 Å². The van der Waals surface area contributed by atoms with E-state index in [2.05, 4.69) is 94.7 Å². The smallest absolute Gasteiger partial charge is 0.0636 e. The largest absolute Gasteiger partial charge is 0.367 e. The summed E-state index contributed by atoms with van der Waals surface area (Å²) in [6.07, 6.45) is 0. The van der Waals surface area contributed by atoms with Crippen LogP contribution in [0.3, 0.4) is 0 Å². The van der Waals surface area contributed by atoms with Gasteiger partial charge in [0.15, 0.2) is 0 Å². The summed E-state index contributed by atoms with van der Waals surface area (Å²) in [7, 11) is 0. The Hall–Kier alpha value is -2.62. The van der Waals surface area contributed by atoms with Crippen molar-refractivity contribution in [3.05, 3.63) is 90.5 Å². The van der Waals surface area contributed by atoms with Gasteiger partial charge in [-0.2, -0.15) is 0 Å². The molecule has 140 valence electrons. The van der Waals surface area contributed by atoms with Gasteiger partial charge in [0.2, 0.25) is 0 Å². The van der Waals surface area contributed by atoms with Gasteiger partial charge in [-0.05, 0) is 17.2 Å². The lowest BCUT2D eigenvalue weighted by Crippen LogP contribution is -2.46. The molecule has 1 aliphatic heterocycles. The highest BCUT2D eigenvalue weighted by molar-refractivity contribution is 7.23. The van der Waals surface area contributed by atoms with Crippen molar-refractivity contribution in [3.63, 3.8) is 0 Å². The van der Waals surface area contributed by atoms with Crippen LogP contribution in [0.1, 0.15) is 5.56 Å². The number of benzene rings is 3. The van der Waals surface area contributed by atoms with Gasteiger partial charge in [-0.25, -0.2) is 0 Å². The lowest BCUT2D eigenvalue weighted by molar-refractivity contribution is 0.250. The molecule has 0 atom stereocenters. The molecule has 0 amide bonds. The quantitative estimate of drug-likeness (QED) is 0.433. The summed E-state index contributed by atoms with van der Waals surface area (Å²) in [6.45, 7) is 5.41. The average Bonchev–Trinajstić information content (AvgIpc) is 3.15. The van der Waals surface area contributed by atoms with Gasteiger partial charge in [0.1, 0.15) is 0 Å². The molecular weight excluding hydrogens is 360 g/mol. The van der Waals surface area contributed by atoms with Crippen LogP contribution < -0.4 is 4.90 Å². The van der Waals surface area contributed by atoms with Crippen molar-refractivity contribution < 1.29 is 0 Å². The molecule has 5 rings (SSSR count). The standard InChI is InChI=1S/C25H24N2S/c1-3-9-20(10-4-1)19-26-15-17-27(18-16-26)24-22-13-7-8-14-23(22)28-25(24)21-11-5-2-6-12-21/h1-14H,15-19H2. The van der Waals surface area contributed by atoms with E-state index < -0.39 is 0 Å². The number of thiophene rings is 1. The zero-order valence-electron chi connectivity index (χ0n) is 15.9.